The van der Waals surface area contributed by atoms with Crippen LogP contribution in [0.2, 0.25) is 0 Å². The topological polar surface area (TPSA) is 98.2 Å². The lowest BCUT2D eigenvalue weighted by Gasteiger charge is -2.07. The lowest BCUT2D eigenvalue weighted by Crippen LogP contribution is -2.16. The highest BCUT2D eigenvalue weighted by Crippen LogP contribution is 2.30. The number of rotatable bonds is 5. The van der Waals surface area contributed by atoms with Crippen LogP contribution in [0.25, 0.3) is 22.2 Å². The first-order chi connectivity index (χ1) is 13.9. The monoisotopic (exact) mass is 427 g/mol. The van der Waals surface area contributed by atoms with E-state index in [1.165, 1.54) is 22.9 Å². The highest BCUT2D eigenvalue weighted by atomic mass is 35.5. The Morgan fingerprint density at radius 3 is 2.34 bits per heavy atom. The summed E-state index contributed by atoms with van der Waals surface area (Å²) >= 11 is 12.2. The molecule has 1 aromatic heterocycles. The summed E-state index contributed by atoms with van der Waals surface area (Å²) in [7, 11) is 0. The van der Waals surface area contributed by atoms with Crippen LogP contribution in [0.3, 0.4) is 0 Å². The molecule has 0 aliphatic carbocycles. The van der Waals surface area contributed by atoms with Crippen LogP contribution in [0.5, 0.6) is 0 Å². The Labute approximate surface area is 176 Å². The quantitative estimate of drug-likeness (QED) is 0.451. The first-order valence-corrected chi connectivity index (χ1v) is 9.10. The second-order valence-corrected chi connectivity index (χ2v) is 6.72. The molecular weight excluding hydrogens is 413 g/mol. The van der Waals surface area contributed by atoms with E-state index in [0.29, 0.717) is 22.2 Å². The lowest BCUT2D eigenvalue weighted by atomic mass is 10.1. The van der Waals surface area contributed by atoms with E-state index in [-0.39, 0.29) is 21.2 Å². The van der Waals surface area contributed by atoms with Crippen LogP contribution in [0.15, 0.2) is 83.0 Å². The van der Waals surface area contributed by atoms with Gasteiger partial charge in [-0.25, -0.2) is 4.79 Å². The van der Waals surface area contributed by atoms with Gasteiger partial charge in [-0.1, -0.05) is 60.1 Å². The van der Waals surface area contributed by atoms with Crippen LogP contribution in [0, 0.1) is 0 Å². The summed E-state index contributed by atoms with van der Waals surface area (Å²) in [4.78, 5) is 24.3. The molecule has 0 unspecified atom stereocenters. The van der Waals surface area contributed by atoms with Crippen LogP contribution in [-0.2, 0) is 0 Å². The number of carboxylic acid groups (broad SMARTS) is 1. The molecule has 0 saturated heterocycles. The fourth-order valence-corrected chi connectivity index (χ4v) is 3.23. The summed E-state index contributed by atoms with van der Waals surface area (Å²) in [5, 5.41) is 14.2. The predicted octanol–water partition coefficient (Wildman–Crippen LogP) is 4.76. The van der Waals surface area contributed by atoms with Crippen LogP contribution >= 0.6 is 23.2 Å². The number of allylic oxidation sites excluding steroid dienone is 4. The number of hydrogen-bond donors (Lipinski definition) is 2. The number of fused-ring (bicyclic) bond motifs is 1. The molecule has 8 heteroatoms. The van der Waals surface area contributed by atoms with E-state index in [1.807, 2.05) is 12.1 Å². The van der Waals surface area contributed by atoms with Crippen molar-refractivity contribution in [2.75, 3.05) is 0 Å². The molecule has 0 spiro atoms. The Hall–Kier alpha value is -3.35. The number of nitrogens with two attached hydrogens (primary N) is 1. The molecule has 2 aromatic carbocycles. The van der Waals surface area contributed by atoms with Crippen molar-refractivity contribution in [1.29, 1.82) is 0 Å². The molecule has 0 amide bonds. The van der Waals surface area contributed by atoms with Gasteiger partial charge in [0.05, 0.1) is 26.7 Å². The van der Waals surface area contributed by atoms with Crippen LogP contribution in [0.4, 0.5) is 0 Å². The van der Waals surface area contributed by atoms with Gasteiger partial charge in [0.2, 0.25) is 0 Å². The average molecular weight is 428 g/mol. The SMILES string of the molecule is C=C/C(Cl)=C(C(=O)n1nc(-c2ccc(C(=O)O)cc2)c2ccccc21)\C(Cl)=C/N. The molecule has 1 heterocycles. The predicted molar refractivity (Wildman–Crippen MR) is 114 cm³/mol. The molecule has 146 valence electrons. The maximum Gasteiger partial charge on any atom is 0.335 e. The van der Waals surface area contributed by atoms with E-state index in [0.717, 1.165) is 6.20 Å². The van der Waals surface area contributed by atoms with Crippen LogP contribution in [-0.4, -0.2) is 26.8 Å². The number of carbonyl (C=O) groups is 2. The maximum atomic E-state index is 13.2. The molecule has 0 atom stereocenters. The van der Waals surface area contributed by atoms with E-state index in [2.05, 4.69) is 11.7 Å². The van der Waals surface area contributed by atoms with Gasteiger partial charge in [0.25, 0.3) is 5.91 Å². The second kappa shape index (κ2) is 8.34. The number of para-hydroxylation sites is 1. The molecule has 29 heavy (non-hydrogen) atoms. The fraction of sp³-hybridized carbons (Fsp3) is 0. The van der Waals surface area contributed by atoms with Gasteiger partial charge in [-0.3, -0.25) is 4.79 Å². The largest absolute Gasteiger partial charge is 0.478 e. The minimum absolute atomic E-state index is 0.0353. The van der Waals surface area contributed by atoms with Crippen molar-refractivity contribution in [2.24, 2.45) is 5.73 Å². The lowest BCUT2D eigenvalue weighted by molar-refractivity contribution is 0.0696. The molecule has 0 radical (unpaired) electrons. The average Bonchev–Trinajstić information content (AvgIpc) is 3.13. The molecular formula is C21H15Cl2N3O3. The van der Waals surface area contributed by atoms with Crippen molar-refractivity contribution < 1.29 is 14.7 Å². The maximum absolute atomic E-state index is 13.2. The molecule has 3 aromatic rings. The number of benzene rings is 2. The minimum Gasteiger partial charge on any atom is -0.478 e. The Morgan fingerprint density at radius 2 is 1.76 bits per heavy atom. The molecule has 0 bridgehead atoms. The van der Waals surface area contributed by atoms with Gasteiger partial charge in [-0.2, -0.15) is 9.78 Å². The van der Waals surface area contributed by atoms with Crippen molar-refractivity contribution in [2.45, 2.75) is 0 Å². The van der Waals surface area contributed by atoms with Gasteiger partial charge in [-0.05, 0) is 24.3 Å². The smallest absolute Gasteiger partial charge is 0.335 e. The molecule has 3 rings (SSSR count). The number of halogens is 2. The number of carboxylic acids is 1. The summed E-state index contributed by atoms with van der Waals surface area (Å²) in [6.45, 7) is 3.57. The first-order valence-electron chi connectivity index (χ1n) is 8.35. The van der Waals surface area contributed by atoms with Gasteiger partial charge in [0, 0.05) is 17.1 Å². The second-order valence-electron chi connectivity index (χ2n) is 5.91. The van der Waals surface area contributed by atoms with Crippen molar-refractivity contribution in [1.82, 2.24) is 9.78 Å². The fourth-order valence-electron chi connectivity index (χ4n) is 2.81. The van der Waals surface area contributed by atoms with E-state index < -0.39 is 11.9 Å². The zero-order valence-electron chi connectivity index (χ0n) is 15.0. The van der Waals surface area contributed by atoms with E-state index in [1.54, 1.807) is 24.3 Å². The summed E-state index contributed by atoms with van der Waals surface area (Å²) in [6.07, 6.45) is 2.36. The Balaban J connectivity index is 2.22. The molecule has 0 saturated carbocycles. The molecule has 0 fully saturated rings. The van der Waals surface area contributed by atoms with Crippen LogP contribution < -0.4 is 5.73 Å². The minimum atomic E-state index is -1.03. The van der Waals surface area contributed by atoms with Gasteiger partial charge in [-0.15, -0.1) is 0 Å². The van der Waals surface area contributed by atoms with Crippen molar-refractivity contribution in [3.8, 4) is 11.3 Å². The van der Waals surface area contributed by atoms with Crippen molar-refractivity contribution >= 4 is 46.0 Å². The number of aromatic nitrogens is 2. The van der Waals surface area contributed by atoms with Gasteiger partial charge >= 0.3 is 5.97 Å². The third-order valence-corrected chi connectivity index (χ3v) is 4.86. The first kappa shape index (κ1) is 20.4. The zero-order valence-corrected chi connectivity index (χ0v) is 16.5. The Morgan fingerprint density at radius 1 is 1.10 bits per heavy atom. The van der Waals surface area contributed by atoms with Gasteiger partial charge < -0.3 is 10.8 Å². The third kappa shape index (κ3) is 3.81. The van der Waals surface area contributed by atoms with E-state index in [4.69, 9.17) is 34.0 Å². The van der Waals surface area contributed by atoms with Crippen LogP contribution in [0.1, 0.15) is 15.2 Å². The summed E-state index contributed by atoms with van der Waals surface area (Å²) in [5.74, 6) is -1.61. The highest BCUT2D eigenvalue weighted by Gasteiger charge is 2.23. The molecule has 6 nitrogen and oxygen atoms in total. The number of aromatic carboxylic acids is 1. The van der Waals surface area contributed by atoms with E-state index >= 15 is 0 Å². The van der Waals surface area contributed by atoms with Gasteiger partial charge in [0.1, 0.15) is 5.69 Å². The molecule has 3 N–H and O–H groups in total. The highest BCUT2D eigenvalue weighted by molar-refractivity contribution is 6.40. The van der Waals surface area contributed by atoms with Crippen molar-refractivity contribution in [3.05, 3.63) is 88.6 Å². The number of nitrogens with zero attached hydrogens (tertiary/aromatic N) is 2. The number of carbonyl (C=O) groups excluding carboxylic acids is 1. The summed E-state index contributed by atoms with van der Waals surface area (Å²) < 4.78 is 1.18. The summed E-state index contributed by atoms with van der Waals surface area (Å²) in [6, 6.07) is 13.3. The Kier molecular flexibility index (Phi) is 5.87. The number of hydrogen-bond acceptors (Lipinski definition) is 4. The molecule has 0 aliphatic heterocycles. The third-order valence-electron chi connectivity index (χ3n) is 4.20. The molecule has 0 aliphatic rings. The van der Waals surface area contributed by atoms with Gasteiger partial charge in [0.15, 0.2) is 0 Å². The summed E-state index contributed by atoms with van der Waals surface area (Å²) in [5.41, 5.74) is 7.28. The Bertz CT molecular complexity index is 1190. The standard InChI is InChI=1S/C21H15Cl2N3O3/c1-2-15(22)18(16(23)11-24)20(27)26-17-6-4-3-5-14(17)19(25-26)12-7-9-13(10-8-12)21(28)29/h2-11H,1,24H2,(H,28,29)/b16-11+,18-15-. The van der Waals surface area contributed by atoms with Crippen molar-refractivity contribution in [3.63, 3.8) is 0 Å². The normalized spacial score (nSPS) is 12.6. The van der Waals surface area contributed by atoms with E-state index in [9.17, 15) is 9.59 Å². The zero-order chi connectivity index (χ0) is 21.1.